The topological polar surface area (TPSA) is 108 Å². The number of fused-ring (bicyclic) bond motifs is 2. The number of hydrogen-bond donors (Lipinski definition) is 1. The number of benzene rings is 1. The van der Waals surface area contributed by atoms with E-state index in [0.29, 0.717) is 21.6 Å². The van der Waals surface area contributed by atoms with Gasteiger partial charge in [-0.2, -0.15) is 5.10 Å². The van der Waals surface area contributed by atoms with Crippen molar-refractivity contribution in [1.82, 2.24) is 34.2 Å². The van der Waals surface area contributed by atoms with Gasteiger partial charge in [-0.1, -0.05) is 24.1 Å². The molecule has 0 saturated carbocycles. The Bertz CT molecular complexity index is 1570. The molecule has 0 bridgehead atoms. The highest BCUT2D eigenvalue weighted by Crippen LogP contribution is 2.34. The summed E-state index contributed by atoms with van der Waals surface area (Å²) < 4.78 is 30.9. The first-order valence-electron chi connectivity index (χ1n) is 11.2. The lowest BCUT2D eigenvalue weighted by atomic mass is 10.1. The number of aromatic nitrogens is 6. The highest BCUT2D eigenvalue weighted by molar-refractivity contribution is 6.32. The number of carbonyl (C=O) groups excluding carboxylic acids is 1. The second kappa shape index (κ2) is 9.20. The molecule has 2 atom stereocenters. The van der Waals surface area contributed by atoms with Crippen LogP contribution in [0.2, 0.25) is 5.02 Å². The molecule has 4 aromatic rings. The van der Waals surface area contributed by atoms with Gasteiger partial charge >= 0.3 is 0 Å². The number of carbonyl (C=O) groups is 1. The number of hydrogen-bond acceptors (Lipinski definition) is 6. The largest absolute Gasteiger partial charge is 0.383 e. The zero-order valence-corrected chi connectivity index (χ0v) is 20.0. The molecule has 1 aromatic carbocycles. The summed E-state index contributed by atoms with van der Waals surface area (Å²) in [6, 6.07) is 1.78. The van der Waals surface area contributed by atoms with Crippen molar-refractivity contribution < 1.29 is 13.6 Å². The van der Waals surface area contributed by atoms with Crippen LogP contribution in [0.4, 0.5) is 14.6 Å². The Balaban J connectivity index is 1.57. The Morgan fingerprint density at radius 3 is 2.86 bits per heavy atom. The fraction of sp³-hybridized carbons (Fsp3) is 0.292. The van der Waals surface area contributed by atoms with E-state index in [0.717, 1.165) is 28.6 Å². The number of nitrogens with two attached hydrogens (primary N) is 1. The van der Waals surface area contributed by atoms with Gasteiger partial charge in [0.2, 0.25) is 5.91 Å². The molecule has 184 valence electrons. The minimum Gasteiger partial charge on any atom is -0.383 e. The van der Waals surface area contributed by atoms with E-state index in [1.165, 1.54) is 11.0 Å². The molecule has 1 fully saturated rings. The predicted molar refractivity (Wildman–Crippen MR) is 131 cm³/mol. The second-order valence-electron chi connectivity index (χ2n) is 8.34. The molecule has 0 spiro atoms. The molecular weight excluding hydrogens is 490 g/mol. The molecular formula is C24H21ClF2N8O. The van der Waals surface area contributed by atoms with Gasteiger partial charge in [0.15, 0.2) is 5.65 Å². The summed E-state index contributed by atoms with van der Waals surface area (Å²) in [4.78, 5) is 26.0. The van der Waals surface area contributed by atoms with Crippen LogP contribution in [-0.4, -0.2) is 59.1 Å². The van der Waals surface area contributed by atoms with Gasteiger partial charge in [0.25, 0.3) is 6.43 Å². The molecule has 2 N–H and O–H groups in total. The molecule has 12 heteroatoms. The fourth-order valence-electron chi connectivity index (χ4n) is 4.52. The standard InChI is InChI=1S/C24H21ClF2N8O/c1-3-20(36)34-10-14(8-19(34)22(26)27)35-24-21(23(28)29-11-30-24)16(32-35)6-5-13-7-17-18(9-15(13)25)33(4-2)12-31-17/h3,7,9,11-12,14,19,22H,1,4,8,10H2,2H3,(H2,28,29,30)/t14-,19?/m0/s1. The average molecular weight is 511 g/mol. The van der Waals surface area contributed by atoms with Gasteiger partial charge in [-0.15, -0.1) is 0 Å². The van der Waals surface area contributed by atoms with Gasteiger partial charge in [-0.05, 0) is 37.5 Å². The third-order valence-electron chi connectivity index (χ3n) is 6.30. The zero-order chi connectivity index (χ0) is 25.6. The molecule has 4 heterocycles. The lowest BCUT2D eigenvalue weighted by molar-refractivity contribution is -0.129. The summed E-state index contributed by atoms with van der Waals surface area (Å²) in [5, 5.41) is 5.41. The van der Waals surface area contributed by atoms with Gasteiger partial charge in [0, 0.05) is 18.7 Å². The number of alkyl halides is 2. The summed E-state index contributed by atoms with van der Waals surface area (Å²) in [6.45, 7) is 6.21. The number of likely N-dealkylation sites (tertiary alicyclic amines) is 1. The maximum atomic E-state index is 13.7. The smallest absolute Gasteiger partial charge is 0.258 e. The summed E-state index contributed by atoms with van der Waals surface area (Å²) in [7, 11) is 0. The molecule has 1 aliphatic rings. The second-order valence-corrected chi connectivity index (χ2v) is 8.75. The number of imidazole rings is 1. The quantitative estimate of drug-likeness (QED) is 0.333. The van der Waals surface area contributed by atoms with Crippen LogP contribution >= 0.6 is 11.6 Å². The molecule has 1 unspecified atom stereocenters. The normalized spacial score (nSPS) is 17.6. The summed E-state index contributed by atoms with van der Waals surface area (Å²) in [6.07, 6.45) is 1.31. The van der Waals surface area contributed by atoms with Crippen LogP contribution in [0.3, 0.4) is 0 Å². The Labute approximate surface area is 209 Å². The SMILES string of the molecule is C=CC(=O)N1C[C@@H](n2nc(C#Cc3cc4ncn(CC)c4cc3Cl)c3c(N)ncnc32)CC1C(F)F. The van der Waals surface area contributed by atoms with Crippen molar-refractivity contribution >= 4 is 45.4 Å². The van der Waals surface area contributed by atoms with Gasteiger partial charge in [0.1, 0.15) is 17.8 Å². The Kier molecular flexibility index (Phi) is 6.05. The van der Waals surface area contributed by atoms with Crippen molar-refractivity contribution in [2.75, 3.05) is 12.3 Å². The zero-order valence-electron chi connectivity index (χ0n) is 19.2. The van der Waals surface area contributed by atoms with E-state index in [-0.39, 0.29) is 24.5 Å². The fourth-order valence-corrected chi connectivity index (χ4v) is 4.73. The molecule has 3 aromatic heterocycles. The number of nitrogen functional groups attached to an aromatic ring is 1. The molecule has 1 amide bonds. The summed E-state index contributed by atoms with van der Waals surface area (Å²) in [5.74, 6) is 5.60. The molecule has 36 heavy (non-hydrogen) atoms. The predicted octanol–water partition coefficient (Wildman–Crippen LogP) is 3.42. The molecule has 1 aliphatic heterocycles. The van der Waals surface area contributed by atoms with Crippen molar-refractivity contribution in [2.24, 2.45) is 0 Å². The minimum atomic E-state index is -2.71. The molecule has 1 saturated heterocycles. The van der Waals surface area contributed by atoms with E-state index in [2.05, 4.69) is 38.5 Å². The van der Waals surface area contributed by atoms with Crippen molar-refractivity contribution in [3.63, 3.8) is 0 Å². The van der Waals surface area contributed by atoms with Crippen molar-refractivity contribution in [3.8, 4) is 11.8 Å². The maximum absolute atomic E-state index is 13.7. The van der Waals surface area contributed by atoms with E-state index in [1.54, 1.807) is 18.5 Å². The maximum Gasteiger partial charge on any atom is 0.258 e. The Morgan fingerprint density at radius 2 is 2.14 bits per heavy atom. The van der Waals surface area contributed by atoms with Crippen LogP contribution in [0, 0.1) is 11.8 Å². The minimum absolute atomic E-state index is 0.00656. The lowest BCUT2D eigenvalue weighted by Gasteiger charge is -2.21. The van der Waals surface area contributed by atoms with Crippen LogP contribution in [0.15, 0.2) is 37.4 Å². The van der Waals surface area contributed by atoms with E-state index in [4.69, 9.17) is 17.3 Å². The number of amides is 1. The number of nitrogens with zero attached hydrogens (tertiary/aromatic N) is 7. The first-order chi connectivity index (χ1) is 17.3. The number of halogens is 3. The summed E-state index contributed by atoms with van der Waals surface area (Å²) in [5.41, 5.74) is 8.94. The van der Waals surface area contributed by atoms with Crippen molar-refractivity contribution in [3.05, 3.63) is 53.7 Å². The van der Waals surface area contributed by atoms with Gasteiger partial charge in [-0.25, -0.2) is 28.4 Å². The van der Waals surface area contributed by atoms with E-state index >= 15 is 0 Å². The van der Waals surface area contributed by atoms with Crippen LogP contribution in [0.1, 0.15) is 30.6 Å². The Morgan fingerprint density at radius 1 is 1.33 bits per heavy atom. The molecule has 5 rings (SSSR count). The first kappa shape index (κ1) is 23.7. The molecule has 0 radical (unpaired) electrons. The summed E-state index contributed by atoms with van der Waals surface area (Å²) >= 11 is 6.48. The van der Waals surface area contributed by atoms with Crippen LogP contribution in [-0.2, 0) is 11.3 Å². The van der Waals surface area contributed by atoms with E-state index in [1.807, 2.05) is 11.5 Å². The van der Waals surface area contributed by atoms with Gasteiger partial charge < -0.3 is 15.2 Å². The highest BCUT2D eigenvalue weighted by Gasteiger charge is 2.41. The Hall–Kier alpha value is -4.04. The number of rotatable bonds is 4. The molecule has 9 nitrogen and oxygen atoms in total. The van der Waals surface area contributed by atoms with E-state index < -0.39 is 24.4 Å². The van der Waals surface area contributed by atoms with Gasteiger partial charge in [-0.3, -0.25) is 4.79 Å². The number of anilines is 1. The van der Waals surface area contributed by atoms with Gasteiger partial charge in [0.05, 0.1) is 39.9 Å². The lowest BCUT2D eigenvalue weighted by Crippen LogP contribution is -2.38. The van der Waals surface area contributed by atoms with Crippen LogP contribution in [0.25, 0.3) is 22.1 Å². The molecule has 0 aliphatic carbocycles. The first-order valence-corrected chi connectivity index (χ1v) is 11.6. The highest BCUT2D eigenvalue weighted by atomic mass is 35.5. The third kappa shape index (κ3) is 3.93. The van der Waals surface area contributed by atoms with Crippen LogP contribution < -0.4 is 5.73 Å². The van der Waals surface area contributed by atoms with Crippen molar-refractivity contribution in [2.45, 2.75) is 38.4 Å². The third-order valence-corrected chi connectivity index (χ3v) is 6.61. The monoisotopic (exact) mass is 510 g/mol. The van der Waals surface area contributed by atoms with Crippen LogP contribution in [0.5, 0.6) is 0 Å². The average Bonchev–Trinajstić information content (AvgIpc) is 3.57. The number of aryl methyl sites for hydroxylation is 1. The van der Waals surface area contributed by atoms with Crippen molar-refractivity contribution in [1.29, 1.82) is 0 Å². The van der Waals surface area contributed by atoms with E-state index in [9.17, 15) is 13.6 Å².